The number of hydrogen-bond acceptors (Lipinski definition) is 3. The number of oxazole rings is 1. The van der Waals surface area contributed by atoms with E-state index in [1.54, 1.807) is 0 Å². The average molecular weight is 236 g/mol. The molecule has 0 aliphatic heterocycles. The molecule has 96 valence electrons. The standard InChI is InChI=1S/C14H24N2O/c1-2-13-10-16-14(17-13)11-15-9-12-7-5-3-4-6-8-12/h10,12,15H,2-9,11H2,1H3. The van der Waals surface area contributed by atoms with Gasteiger partial charge in [-0.25, -0.2) is 4.98 Å². The lowest BCUT2D eigenvalue weighted by Crippen LogP contribution is -2.22. The van der Waals surface area contributed by atoms with Crippen molar-refractivity contribution in [2.45, 2.75) is 58.4 Å². The van der Waals surface area contributed by atoms with Crippen molar-refractivity contribution in [2.75, 3.05) is 6.54 Å². The van der Waals surface area contributed by atoms with E-state index in [0.717, 1.165) is 37.1 Å². The highest BCUT2D eigenvalue weighted by Crippen LogP contribution is 2.22. The molecule has 1 N–H and O–H groups in total. The molecule has 0 amide bonds. The highest BCUT2D eigenvalue weighted by molar-refractivity contribution is 4.93. The first kappa shape index (κ1) is 12.6. The molecule has 1 aromatic heterocycles. The van der Waals surface area contributed by atoms with Gasteiger partial charge in [-0.2, -0.15) is 0 Å². The zero-order valence-corrected chi connectivity index (χ0v) is 10.9. The Labute approximate surface area is 104 Å². The summed E-state index contributed by atoms with van der Waals surface area (Å²) in [6, 6.07) is 0. The summed E-state index contributed by atoms with van der Waals surface area (Å²) < 4.78 is 5.57. The minimum atomic E-state index is 0.774. The number of rotatable bonds is 5. The van der Waals surface area contributed by atoms with Crippen molar-refractivity contribution < 1.29 is 4.42 Å². The molecule has 1 fully saturated rings. The highest BCUT2D eigenvalue weighted by atomic mass is 16.4. The van der Waals surface area contributed by atoms with Crippen LogP contribution < -0.4 is 5.32 Å². The minimum absolute atomic E-state index is 0.774. The van der Waals surface area contributed by atoms with Crippen molar-refractivity contribution in [3.05, 3.63) is 17.8 Å². The van der Waals surface area contributed by atoms with Crippen LogP contribution >= 0.6 is 0 Å². The van der Waals surface area contributed by atoms with Crippen molar-refractivity contribution in [2.24, 2.45) is 5.92 Å². The van der Waals surface area contributed by atoms with Gasteiger partial charge in [0.1, 0.15) is 5.76 Å². The second-order valence-electron chi connectivity index (χ2n) is 5.06. The Morgan fingerprint density at radius 1 is 1.29 bits per heavy atom. The normalized spacial score (nSPS) is 18.2. The second-order valence-corrected chi connectivity index (χ2v) is 5.06. The third kappa shape index (κ3) is 4.15. The topological polar surface area (TPSA) is 38.1 Å². The van der Waals surface area contributed by atoms with Crippen molar-refractivity contribution >= 4 is 0 Å². The quantitative estimate of drug-likeness (QED) is 0.797. The molecular weight excluding hydrogens is 212 g/mol. The van der Waals surface area contributed by atoms with Crippen LogP contribution in [0.25, 0.3) is 0 Å². The van der Waals surface area contributed by atoms with E-state index in [9.17, 15) is 0 Å². The Kier molecular flexibility index (Phi) is 5.05. The van der Waals surface area contributed by atoms with Crippen LogP contribution in [0.15, 0.2) is 10.6 Å². The molecule has 3 heteroatoms. The average Bonchev–Trinajstić information content (AvgIpc) is 2.65. The van der Waals surface area contributed by atoms with Gasteiger partial charge in [-0.15, -0.1) is 0 Å². The van der Waals surface area contributed by atoms with E-state index in [0.29, 0.717) is 0 Å². The molecule has 2 rings (SSSR count). The van der Waals surface area contributed by atoms with Gasteiger partial charge in [0, 0.05) is 6.42 Å². The van der Waals surface area contributed by atoms with Gasteiger partial charge in [-0.1, -0.05) is 32.6 Å². The monoisotopic (exact) mass is 236 g/mol. The Morgan fingerprint density at radius 3 is 2.71 bits per heavy atom. The van der Waals surface area contributed by atoms with Gasteiger partial charge < -0.3 is 9.73 Å². The third-order valence-electron chi connectivity index (χ3n) is 3.63. The molecule has 0 bridgehead atoms. The van der Waals surface area contributed by atoms with E-state index in [-0.39, 0.29) is 0 Å². The molecule has 1 aliphatic rings. The molecule has 0 aromatic carbocycles. The van der Waals surface area contributed by atoms with E-state index in [4.69, 9.17) is 4.42 Å². The maximum atomic E-state index is 5.57. The fraction of sp³-hybridized carbons (Fsp3) is 0.786. The summed E-state index contributed by atoms with van der Waals surface area (Å²) in [7, 11) is 0. The largest absolute Gasteiger partial charge is 0.444 e. The van der Waals surface area contributed by atoms with Gasteiger partial charge in [-0.05, 0) is 25.3 Å². The molecule has 0 atom stereocenters. The summed E-state index contributed by atoms with van der Waals surface area (Å²) in [5, 5.41) is 3.48. The summed E-state index contributed by atoms with van der Waals surface area (Å²) in [5.74, 6) is 2.67. The van der Waals surface area contributed by atoms with Gasteiger partial charge in [0.15, 0.2) is 0 Å². The zero-order valence-electron chi connectivity index (χ0n) is 10.9. The van der Waals surface area contributed by atoms with E-state index in [1.807, 2.05) is 6.20 Å². The molecule has 0 spiro atoms. The lowest BCUT2D eigenvalue weighted by atomic mass is 10.0. The Hall–Kier alpha value is -0.830. The van der Waals surface area contributed by atoms with Crippen LogP contribution in [0, 0.1) is 5.92 Å². The Morgan fingerprint density at radius 2 is 2.06 bits per heavy atom. The predicted octanol–water partition coefficient (Wildman–Crippen LogP) is 3.30. The van der Waals surface area contributed by atoms with Crippen LogP contribution in [-0.2, 0) is 13.0 Å². The summed E-state index contributed by atoms with van der Waals surface area (Å²) in [4.78, 5) is 4.26. The minimum Gasteiger partial charge on any atom is -0.444 e. The van der Waals surface area contributed by atoms with Crippen LogP contribution in [0.1, 0.15) is 57.1 Å². The highest BCUT2D eigenvalue weighted by Gasteiger charge is 2.12. The van der Waals surface area contributed by atoms with E-state index < -0.39 is 0 Å². The fourth-order valence-corrected chi connectivity index (χ4v) is 2.54. The Balaban J connectivity index is 1.67. The van der Waals surface area contributed by atoms with E-state index >= 15 is 0 Å². The van der Waals surface area contributed by atoms with Crippen LogP contribution in [0.2, 0.25) is 0 Å². The van der Waals surface area contributed by atoms with Crippen LogP contribution in [0.4, 0.5) is 0 Å². The van der Waals surface area contributed by atoms with Crippen molar-refractivity contribution in [3.8, 4) is 0 Å². The van der Waals surface area contributed by atoms with Crippen LogP contribution in [0.5, 0.6) is 0 Å². The summed E-state index contributed by atoms with van der Waals surface area (Å²) >= 11 is 0. The molecule has 3 nitrogen and oxygen atoms in total. The lowest BCUT2D eigenvalue weighted by molar-refractivity contribution is 0.393. The first-order valence-electron chi connectivity index (χ1n) is 7.02. The fourth-order valence-electron chi connectivity index (χ4n) is 2.54. The van der Waals surface area contributed by atoms with E-state index in [2.05, 4.69) is 17.2 Å². The molecule has 0 radical (unpaired) electrons. The Bertz CT molecular complexity index is 314. The predicted molar refractivity (Wildman–Crippen MR) is 68.8 cm³/mol. The van der Waals surface area contributed by atoms with Gasteiger partial charge in [0.2, 0.25) is 5.89 Å². The molecule has 1 aliphatic carbocycles. The van der Waals surface area contributed by atoms with E-state index in [1.165, 1.54) is 38.5 Å². The van der Waals surface area contributed by atoms with Gasteiger partial charge in [0.05, 0.1) is 12.7 Å². The number of aryl methyl sites for hydroxylation is 1. The molecule has 17 heavy (non-hydrogen) atoms. The van der Waals surface area contributed by atoms with Crippen LogP contribution in [0.3, 0.4) is 0 Å². The SMILES string of the molecule is CCc1cnc(CNCC2CCCCCC2)o1. The number of nitrogens with zero attached hydrogens (tertiary/aromatic N) is 1. The molecular formula is C14H24N2O. The van der Waals surface area contributed by atoms with Gasteiger partial charge in [0.25, 0.3) is 0 Å². The first-order chi connectivity index (χ1) is 8.38. The zero-order chi connectivity index (χ0) is 11.9. The lowest BCUT2D eigenvalue weighted by Gasteiger charge is -2.13. The number of nitrogens with one attached hydrogen (secondary N) is 1. The van der Waals surface area contributed by atoms with Crippen molar-refractivity contribution in [1.82, 2.24) is 10.3 Å². The van der Waals surface area contributed by atoms with Crippen LogP contribution in [-0.4, -0.2) is 11.5 Å². The molecule has 0 unspecified atom stereocenters. The summed E-state index contributed by atoms with van der Waals surface area (Å²) in [6.07, 6.45) is 11.2. The molecule has 1 saturated carbocycles. The maximum Gasteiger partial charge on any atom is 0.208 e. The smallest absolute Gasteiger partial charge is 0.208 e. The maximum absolute atomic E-state index is 5.57. The summed E-state index contributed by atoms with van der Waals surface area (Å²) in [5.41, 5.74) is 0. The van der Waals surface area contributed by atoms with Gasteiger partial charge in [-0.3, -0.25) is 0 Å². The second kappa shape index (κ2) is 6.80. The van der Waals surface area contributed by atoms with Gasteiger partial charge >= 0.3 is 0 Å². The van der Waals surface area contributed by atoms with Crippen molar-refractivity contribution in [3.63, 3.8) is 0 Å². The first-order valence-corrected chi connectivity index (χ1v) is 7.02. The molecule has 1 aromatic rings. The third-order valence-corrected chi connectivity index (χ3v) is 3.63. The van der Waals surface area contributed by atoms with Crippen molar-refractivity contribution in [1.29, 1.82) is 0 Å². The molecule has 1 heterocycles. The number of aromatic nitrogens is 1. The summed E-state index contributed by atoms with van der Waals surface area (Å²) in [6.45, 7) is 3.98. The molecule has 0 saturated heterocycles. The number of hydrogen-bond donors (Lipinski definition) is 1.